The molecule has 0 aromatic heterocycles. The van der Waals surface area contributed by atoms with E-state index in [-0.39, 0.29) is 22.4 Å². The highest BCUT2D eigenvalue weighted by molar-refractivity contribution is 8.04. The third-order valence-corrected chi connectivity index (χ3v) is 8.37. The molecule has 29 heavy (non-hydrogen) atoms. The molecular weight excluding hydrogens is 381 g/mol. The van der Waals surface area contributed by atoms with E-state index in [1.807, 2.05) is 25.1 Å². The second-order valence-electron chi connectivity index (χ2n) is 9.50. The maximum absolute atomic E-state index is 13.0. The molecule has 1 unspecified atom stereocenters. The van der Waals surface area contributed by atoms with Crippen LogP contribution in [0.5, 0.6) is 0 Å². The molecule has 0 spiro atoms. The fourth-order valence-electron chi connectivity index (χ4n) is 4.29. The van der Waals surface area contributed by atoms with E-state index < -0.39 is 7.12 Å². The molecule has 6 heteroatoms. The molecule has 4 rings (SSSR count). The van der Waals surface area contributed by atoms with E-state index >= 15 is 0 Å². The van der Waals surface area contributed by atoms with E-state index in [1.165, 1.54) is 36.2 Å². The van der Waals surface area contributed by atoms with Gasteiger partial charge in [0.2, 0.25) is 5.91 Å². The lowest BCUT2D eigenvalue weighted by atomic mass is 9.76. The zero-order chi connectivity index (χ0) is 20.8. The van der Waals surface area contributed by atoms with E-state index in [0.29, 0.717) is 0 Å². The Bertz CT molecular complexity index is 815. The Kier molecular flexibility index (Phi) is 5.64. The minimum absolute atomic E-state index is 0.00185. The Hall–Kier alpha value is -1.24. The van der Waals surface area contributed by atoms with Gasteiger partial charge in [-0.05, 0) is 88.7 Å². The number of amides is 1. The van der Waals surface area contributed by atoms with Gasteiger partial charge in [0, 0.05) is 5.69 Å². The van der Waals surface area contributed by atoms with Crippen LogP contribution in [0.1, 0.15) is 71.8 Å². The van der Waals surface area contributed by atoms with Crippen molar-refractivity contribution in [3.63, 3.8) is 0 Å². The predicted molar refractivity (Wildman–Crippen MR) is 122 cm³/mol. The summed E-state index contributed by atoms with van der Waals surface area (Å²) in [5, 5.41) is 3.18. The van der Waals surface area contributed by atoms with Crippen LogP contribution in [0.15, 0.2) is 28.7 Å². The fourth-order valence-corrected chi connectivity index (χ4v) is 5.69. The van der Waals surface area contributed by atoms with E-state index in [9.17, 15) is 4.79 Å². The molecule has 4 nitrogen and oxygen atoms in total. The van der Waals surface area contributed by atoms with Crippen LogP contribution < -0.4 is 10.8 Å². The van der Waals surface area contributed by atoms with Crippen LogP contribution in [-0.2, 0) is 14.1 Å². The molecule has 0 radical (unpaired) electrons. The Morgan fingerprint density at radius 3 is 2.52 bits per heavy atom. The van der Waals surface area contributed by atoms with Crippen LogP contribution in [0.25, 0.3) is 0 Å². The van der Waals surface area contributed by atoms with Gasteiger partial charge in [0.25, 0.3) is 0 Å². The third-order valence-electron chi connectivity index (χ3n) is 6.93. The molecule has 1 amide bonds. The standard InChI is InChI=1S/C23H32BNO3S/c1-15-17(24-27-22(2,3)23(4,5)28-24)11-9-12-18(15)25-21(26)20-14-16-10-7-6-8-13-19(16)29-20/h9,11-12,20H,6-8,10,13-14H2,1-5H3,(H,25,26). The van der Waals surface area contributed by atoms with Gasteiger partial charge in [-0.2, -0.15) is 0 Å². The lowest BCUT2D eigenvalue weighted by molar-refractivity contribution is -0.115. The summed E-state index contributed by atoms with van der Waals surface area (Å²) in [5.41, 5.74) is 3.60. The SMILES string of the molecule is Cc1c(NC(=O)C2CC3=C(CCCCC3)S2)cccc1B1OC(C)(C)C(C)(C)O1. The number of hydrogen-bond donors (Lipinski definition) is 1. The topological polar surface area (TPSA) is 47.6 Å². The van der Waals surface area contributed by atoms with Gasteiger partial charge in [-0.1, -0.05) is 24.1 Å². The van der Waals surface area contributed by atoms with Crippen LogP contribution in [0, 0.1) is 6.92 Å². The molecule has 1 aromatic rings. The summed E-state index contributed by atoms with van der Waals surface area (Å²) < 4.78 is 12.4. The molecule has 1 fully saturated rings. The molecule has 0 saturated carbocycles. The number of carbonyl (C=O) groups excluding carboxylic acids is 1. The first kappa shape index (κ1) is 21.0. The Balaban J connectivity index is 1.47. The van der Waals surface area contributed by atoms with Gasteiger partial charge >= 0.3 is 7.12 Å². The zero-order valence-electron chi connectivity index (χ0n) is 18.3. The van der Waals surface area contributed by atoms with Gasteiger partial charge in [-0.15, -0.1) is 11.8 Å². The van der Waals surface area contributed by atoms with Crippen molar-refractivity contribution < 1.29 is 14.1 Å². The van der Waals surface area contributed by atoms with Crippen molar-refractivity contribution in [3.05, 3.63) is 34.2 Å². The van der Waals surface area contributed by atoms with Crippen LogP contribution >= 0.6 is 11.8 Å². The Morgan fingerprint density at radius 1 is 1.10 bits per heavy atom. The lowest BCUT2D eigenvalue weighted by Crippen LogP contribution is -2.41. The smallest absolute Gasteiger partial charge is 0.399 e. The van der Waals surface area contributed by atoms with Crippen LogP contribution in [0.2, 0.25) is 0 Å². The first-order chi connectivity index (χ1) is 13.7. The number of benzene rings is 1. The first-order valence-corrected chi connectivity index (χ1v) is 11.7. The van der Waals surface area contributed by atoms with E-state index in [2.05, 4.69) is 33.0 Å². The summed E-state index contributed by atoms with van der Waals surface area (Å²) in [5.74, 6) is 0.109. The van der Waals surface area contributed by atoms with Gasteiger partial charge in [-0.3, -0.25) is 4.79 Å². The summed E-state index contributed by atoms with van der Waals surface area (Å²) in [6.07, 6.45) is 7.07. The Morgan fingerprint density at radius 2 is 1.79 bits per heavy atom. The van der Waals surface area contributed by atoms with Gasteiger partial charge in [0.05, 0.1) is 16.5 Å². The van der Waals surface area contributed by atoms with E-state index in [0.717, 1.165) is 29.6 Å². The first-order valence-electron chi connectivity index (χ1n) is 10.8. The predicted octanol–water partition coefficient (Wildman–Crippen LogP) is 4.96. The van der Waals surface area contributed by atoms with Crippen LogP contribution in [-0.4, -0.2) is 29.5 Å². The molecule has 1 aliphatic carbocycles. The Labute approximate surface area is 179 Å². The summed E-state index contributed by atoms with van der Waals surface area (Å²) in [6.45, 7) is 10.3. The highest BCUT2D eigenvalue weighted by Gasteiger charge is 2.52. The van der Waals surface area contributed by atoms with Crippen molar-refractivity contribution in [2.45, 2.75) is 89.6 Å². The molecule has 2 aliphatic heterocycles. The molecule has 0 bridgehead atoms. The number of anilines is 1. The maximum Gasteiger partial charge on any atom is 0.495 e. The summed E-state index contributed by atoms with van der Waals surface area (Å²) in [4.78, 5) is 14.5. The average Bonchev–Trinajstić information content (AvgIpc) is 3.05. The number of allylic oxidation sites excluding steroid dienone is 2. The second kappa shape index (κ2) is 7.79. The number of thioether (sulfide) groups is 1. The highest BCUT2D eigenvalue weighted by atomic mass is 32.2. The molecule has 1 N–H and O–H groups in total. The fraction of sp³-hybridized carbons (Fsp3) is 0.609. The second-order valence-corrected chi connectivity index (χ2v) is 10.8. The van der Waals surface area contributed by atoms with Gasteiger partial charge in [0.1, 0.15) is 0 Å². The number of hydrogen-bond acceptors (Lipinski definition) is 4. The molecule has 1 saturated heterocycles. The minimum Gasteiger partial charge on any atom is -0.399 e. The molecule has 2 heterocycles. The van der Waals surface area contributed by atoms with E-state index in [4.69, 9.17) is 9.31 Å². The van der Waals surface area contributed by atoms with E-state index in [1.54, 1.807) is 11.8 Å². The lowest BCUT2D eigenvalue weighted by Gasteiger charge is -2.32. The average molecular weight is 413 g/mol. The zero-order valence-corrected chi connectivity index (χ0v) is 19.1. The van der Waals surface area contributed by atoms with Gasteiger partial charge < -0.3 is 14.6 Å². The van der Waals surface area contributed by atoms with Crippen molar-refractivity contribution >= 4 is 35.9 Å². The van der Waals surface area contributed by atoms with Crippen LogP contribution in [0.3, 0.4) is 0 Å². The minimum atomic E-state index is -0.421. The monoisotopic (exact) mass is 413 g/mol. The molecule has 1 aromatic carbocycles. The third kappa shape index (κ3) is 4.04. The number of carbonyl (C=O) groups is 1. The summed E-state index contributed by atoms with van der Waals surface area (Å²) >= 11 is 1.79. The molecular formula is C23H32BNO3S. The van der Waals surface area contributed by atoms with Crippen molar-refractivity contribution in [1.29, 1.82) is 0 Å². The normalized spacial score (nSPS) is 25.7. The maximum atomic E-state index is 13.0. The molecule has 3 aliphatic rings. The van der Waals surface area contributed by atoms with Crippen LogP contribution in [0.4, 0.5) is 5.69 Å². The number of rotatable bonds is 3. The summed E-state index contributed by atoms with van der Waals surface area (Å²) in [6, 6.07) is 5.97. The van der Waals surface area contributed by atoms with Crippen molar-refractivity contribution in [2.24, 2.45) is 0 Å². The molecule has 1 atom stereocenters. The highest BCUT2D eigenvalue weighted by Crippen LogP contribution is 2.44. The number of nitrogens with one attached hydrogen (secondary N) is 1. The van der Waals surface area contributed by atoms with Gasteiger partial charge in [-0.25, -0.2) is 0 Å². The van der Waals surface area contributed by atoms with Gasteiger partial charge in [0.15, 0.2) is 0 Å². The largest absolute Gasteiger partial charge is 0.495 e. The van der Waals surface area contributed by atoms with Crippen molar-refractivity contribution in [2.75, 3.05) is 5.32 Å². The summed E-state index contributed by atoms with van der Waals surface area (Å²) in [7, 11) is -0.421. The van der Waals surface area contributed by atoms with Crippen molar-refractivity contribution in [3.8, 4) is 0 Å². The quantitative estimate of drug-likeness (QED) is 0.712. The molecule has 156 valence electrons. The van der Waals surface area contributed by atoms with Crippen molar-refractivity contribution in [1.82, 2.24) is 0 Å².